The van der Waals surface area contributed by atoms with Crippen LogP contribution in [0.3, 0.4) is 0 Å². The molecule has 2 N–H and O–H groups in total. The zero-order chi connectivity index (χ0) is 12.4. The van der Waals surface area contributed by atoms with Crippen LogP contribution in [0.1, 0.15) is 31.2 Å². The third-order valence-corrected chi connectivity index (χ3v) is 3.23. The number of likely N-dealkylation sites (tertiary alicyclic amines) is 1. The van der Waals surface area contributed by atoms with E-state index in [-0.39, 0.29) is 11.9 Å². The third-order valence-electron chi connectivity index (χ3n) is 3.23. The standard InChI is InChI=1S/C12H20N4O/c1-9(13)5-12(17)16-4-3-10(8-16)11-6-14-15(2)7-11/h6-7,9-10H,3-5,8,13H2,1-2H3. The minimum absolute atomic E-state index is 0.0556. The van der Waals surface area contributed by atoms with Gasteiger partial charge in [0.1, 0.15) is 0 Å². The molecule has 1 aromatic heterocycles. The number of nitrogens with zero attached hydrogens (tertiary/aromatic N) is 3. The van der Waals surface area contributed by atoms with Gasteiger partial charge < -0.3 is 10.6 Å². The lowest BCUT2D eigenvalue weighted by molar-refractivity contribution is -0.130. The van der Waals surface area contributed by atoms with Crippen LogP contribution in [-0.4, -0.2) is 39.7 Å². The van der Waals surface area contributed by atoms with Crippen LogP contribution < -0.4 is 5.73 Å². The van der Waals surface area contributed by atoms with Crippen molar-refractivity contribution in [3.63, 3.8) is 0 Å². The molecule has 1 aromatic rings. The zero-order valence-corrected chi connectivity index (χ0v) is 10.5. The smallest absolute Gasteiger partial charge is 0.224 e. The van der Waals surface area contributed by atoms with Gasteiger partial charge in [0, 0.05) is 44.7 Å². The molecule has 2 rings (SSSR count). The van der Waals surface area contributed by atoms with Gasteiger partial charge in [0.05, 0.1) is 6.20 Å². The summed E-state index contributed by atoms with van der Waals surface area (Å²) in [5.74, 6) is 0.604. The molecule has 5 heteroatoms. The first-order chi connectivity index (χ1) is 8.06. The average Bonchev–Trinajstić information content (AvgIpc) is 2.84. The van der Waals surface area contributed by atoms with Gasteiger partial charge in [0.15, 0.2) is 0 Å². The number of carbonyl (C=O) groups excluding carboxylic acids is 1. The fourth-order valence-electron chi connectivity index (χ4n) is 2.31. The Labute approximate surface area is 102 Å². The third kappa shape index (κ3) is 2.85. The Bertz CT molecular complexity index is 399. The van der Waals surface area contributed by atoms with Crippen molar-refractivity contribution in [1.82, 2.24) is 14.7 Å². The molecule has 2 unspecified atom stereocenters. The lowest BCUT2D eigenvalue weighted by Crippen LogP contribution is -2.33. The minimum atomic E-state index is -0.0556. The highest BCUT2D eigenvalue weighted by Crippen LogP contribution is 2.27. The monoisotopic (exact) mass is 236 g/mol. The number of rotatable bonds is 3. The Morgan fingerprint density at radius 3 is 3.06 bits per heavy atom. The molecular weight excluding hydrogens is 216 g/mol. The Morgan fingerprint density at radius 2 is 2.47 bits per heavy atom. The van der Waals surface area contributed by atoms with Gasteiger partial charge >= 0.3 is 0 Å². The van der Waals surface area contributed by atoms with Gasteiger partial charge in [0.2, 0.25) is 5.91 Å². The van der Waals surface area contributed by atoms with Gasteiger partial charge in [-0.3, -0.25) is 9.48 Å². The van der Waals surface area contributed by atoms with E-state index in [0.717, 1.165) is 19.5 Å². The van der Waals surface area contributed by atoms with Crippen molar-refractivity contribution in [2.24, 2.45) is 12.8 Å². The van der Waals surface area contributed by atoms with Crippen LogP contribution in [0.2, 0.25) is 0 Å². The minimum Gasteiger partial charge on any atom is -0.342 e. The van der Waals surface area contributed by atoms with Crippen LogP contribution in [-0.2, 0) is 11.8 Å². The van der Waals surface area contributed by atoms with Crippen LogP contribution in [0.5, 0.6) is 0 Å². The van der Waals surface area contributed by atoms with E-state index in [4.69, 9.17) is 5.73 Å². The van der Waals surface area contributed by atoms with Crippen LogP contribution in [0.15, 0.2) is 12.4 Å². The van der Waals surface area contributed by atoms with E-state index in [2.05, 4.69) is 5.10 Å². The highest BCUT2D eigenvalue weighted by atomic mass is 16.2. The van der Waals surface area contributed by atoms with Crippen molar-refractivity contribution in [2.45, 2.75) is 31.7 Å². The summed E-state index contributed by atoms with van der Waals surface area (Å²) < 4.78 is 1.81. The summed E-state index contributed by atoms with van der Waals surface area (Å²) in [5.41, 5.74) is 6.87. The number of carbonyl (C=O) groups is 1. The Kier molecular flexibility index (Phi) is 3.47. The van der Waals surface area contributed by atoms with Crippen molar-refractivity contribution in [1.29, 1.82) is 0 Å². The predicted molar refractivity (Wildman–Crippen MR) is 65.4 cm³/mol. The van der Waals surface area contributed by atoms with E-state index >= 15 is 0 Å². The fraction of sp³-hybridized carbons (Fsp3) is 0.667. The Hall–Kier alpha value is -1.36. The summed E-state index contributed by atoms with van der Waals surface area (Å²) in [4.78, 5) is 13.8. The lowest BCUT2D eigenvalue weighted by Gasteiger charge is -2.17. The molecule has 2 atom stereocenters. The van der Waals surface area contributed by atoms with E-state index in [1.165, 1.54) is 5.56 Å². The molecule has 1 fully saturated rings. The molecule has 0 radical (unpaired) electrons. The van der Waals surface area contributed by atoms with Gasteiger partial charge in [-0.2, -0.15) is 5.10 Å². The first kappa shape index (κ1) is 12.1. The average molecular weight is 236 g/mol. The molecule has 17 heavy (non-hydrogen) atoms. The molecule has 94 valence electrons. The number of hydrogen-bond acceptors (Lipinski definition) is 3. The summed E-state index contributed by atoms with van der Waals surface area (Å²) in [7, 11) is 1.91. The molecule has 1 saturated heterocycles. The number of nitrogens with two attached hydrogens (primary N) is 1. The Balaban J connectivity index is 1.93. The van der Waals surface area contributed by atoms with Gasteiger partial charge in [-0.25, -0.2) is 0 Å². The maximum absolute atomic E-state index is 11.9. The maximum Gasteiger partial charge on any atom is 0.224 e. The van der Waals surface area contributed by atoms with Gasteiger partial charge in [-0.05, 0) is 18.9 Å². The summed E-state index contributed by atoms with van der Waals surface area (Å²) >= 11 is 0. The second-order valence-corrected chi connectivity index (χ2v) is 4.95. The molecular formula is C12H20N4O. The number of aromatic nitrogens is 2. The number of amides is 1. The molecule has 5 nitrogen and oxygen atoms in total. The van der Waals surface area contributed by atoms with E-state index in [1.54, 1.807) is 0 Å². The maximum atomic E-state index is 11.9. The SMILES string of the molecule is CC(N)CC(=O)N1CCC(c2cnn(C)c2)C1. The van der Waals surface area contributed by atoms with Gasteiger partial charge in [-0.1, -0.05) is 0 Å². The van der Waals surface area contributed by atoms with E-state index in [0.29, 0.717) is 12.3 Å². The summed E-state index contributed by atoms with van der Waals surface area (Å²) in [6.07, 6.45) is 5.39. The van der Waals surface area contributed by atoms with Gasteiger partial charge in [-0.15, -0.1) is 0 Å². The van der Waals surface area contributed by atoms with Crippen LogP contribution in [0.4, 0.5) is 0 Å². The van der Waals surface area contributed by atoms with Crippen molar-refractivity contribution in [2.75, 3.05) is 13.1 Å². The van der Waals surface area contributed by atoms with Crippen molar-refractivity contribution in [3.05, 3.63) is 18.0 Å². The lowest BCUT2D eigenvalue weighted by atomic mass is 10.0. The molecule has 0 spiro atoms. The first-order valence-electron chi connectivity index (χ1n) is 6.08. The van der Waals surface area contributed by atoms with Crippen molar-refractivity contribution < 1.29 is 4.79 Å². The summed E-state index contributed by atoms with van der Waals surface area (Å²) in [6, 6.07) is -0.0556. The summed E-state index contributed by atoms with van der Waals surface area (Å²) in [5, 5.41) is 4.17. The molecule has 2 heterocycles. The molecule has 0 saturated carbocycles. The normalized spacial score (nSPS) is 21.8. The van der Waals surface area contributed by atoms with E-state index in [1.807, 2.05) is 35.9 Å². The first-order valence-corrected chi connectivity index (χ1v) is 6.08. The van der Waals surface area contributed by atoms with Crippen molar-refractivity contribution >= 4 is 5.91 Å². The van der Waals surface area contributed by atoms with E-state index in [9.17, 15) is 4.79 Å². The number of aryl methyl sites for hydroxylation is 1. The largest absolute Gasteiger partial charge is 0.342 e. The van der Waals surface area contributed by atoms with Gasteiger partial charge in [0.25, 0.3) is 0 Å². The second kappa shape index (κ2) is 4.87. The molecule has 0 aromatic carbocycles. The molecule has 0 aliphatic carbocycles. The van der Waals surface area contributed by atoms with E-state index < -0.39 is 0 Å². The summed E-state index contributed by atoms with van der Waals surface area (Å²) in [6.45, 7) is 3.51. The number of hydrogen-bond donors (Lipinski definition) is 1. The molecule has 1 amide bonds. The van der Waals surface area contributed by atoms with Crippen LogP contribution >= 0.6 is 0 Å². The molecule has 0 bridgehead atoms. The van der Waals surface area contributed by atoms with Crippen LogP contribution in [0, 0.1) is 0 Å². The zero-order valence-electron chi connectivity index (χ0n) is 10.5. The predicted octanol–water partition coefficient (Wildman–Crippen LogP) is 0.473. The highest BCUT2D eigenvalue weighted by Gasteiger charge is 2.28. The molecule has 1 aliphatic heterocycles. The quantitative estimate of drug-likeness (QED) is 0.830. The topological polar surface area (TPSA) is 64.2 Å². The highest BCUT2D eigenvalue weighted by molar-refractivity contribution is 5.77. The Morgan fingerprint density at radius 1 is 1.71 bits per heavy atom. The van der Waals surface area contributed by atoms with Crippen LogP contribution in [0.25, 0.3) is 0 Å². The second-order valence-electron chi connectivity index (χ2n) is 4.95. The van der Waals surface area contributed by atoms with Crippen molar-refractivity contribution in [3.8, 4) is 0 Å². The fourth-order valence-corrected chi connectivity index (χ4v) is 2.31. The molecule has 1 aliphatic rings.